The largest absolute Gasteiger partial charge is 0.497 e. The van der Waals surface area contributed by atoms with E-state index in [0.717, 1.165) is 0 Å². The van der Waals surface area contributed by atoms with E-state index in [9.17, 15) is 9.59 Å². The van der Waals surface area contributed by atoms with E-state index in [1.807, 2.05) is 0 Å². The number of rotatable bonds is 6. The Labute approximate surface area is 128 Å². The molecule has 0 bridgehead atoms. The van der Waals surface area contributed by atoms with Crippen LogP contribution in [0.25, 0.3) is 0 Å². The van der Waals surface area contributed by atoms with Crippen molar-refractivity contribution < 1.29 is 24.2 Å². The smallest absolute Gasteiger partial charge is 0.341 e. The highest BCUT2D eigenvalue weighted by Gasteiger charge is 2.11. The maximum atomic E-state index is 12.4. The molecule has 0 saturated carbocycles. The number of carbonyl (C=O) groups excluding carboxylic acids is 1. The van der Waals surface area contributed by atoms with Gasteiger partial charge >= 0.3 is 5.97 Å². The van der Waals surface area contributed by atoms with Crippen LogP contribution in [0.2, 0.25) is 0 Å². The molecule has 0 aromatic heterocycles. The number of aliphatic carboxylic acids is 1. The Bertz CT molecular complexity index is 689. The van der Waals surface area contributed by atoms with Crippen LogP contribution in [0.15, 0.2) is 42.5 Å². The van der Waals surface area contributed by atoms with E-state index in [1.165, 1.54) is 0 Å². The minimum atomic E-state index is -1.04. The molecule has 2 rings (SSSR count). The Hall–Kier alpha value is -2.82. The Kier molecular flexibility index (Phi) is 4.78. The number of methoxy groups -OCH3 is 1. The van der Waals surface area contributed by atoms with Crippen LogP contribution in [0.3, 0.4) is 0 Å². The van der Waals surface area contributed by atoms with Crippen LogP contribution >= 0.6 is 0 Å². The van der Waals surface area contributed by atoms with Gasteiger partial charge in [0.05, 0.1) is 7.11 Å². The average Bonchev–Trinajstić information content (AvgIpc) is 2.53. The third kappa shape index (κ3) is 3.63. The fraction of sp³-hybridized carbons (Fsp3) is 0.176. The fourth-order valence-corrected chi connectivity index (χ4v) is 2.00. The minimum Gasteiger partial charge on any atom is -0.497 e. The summed E-state index contributed by atoms with van der Waals surface area (Å²) >= 11 is 0. The van der Waals surface area contributed by atoms with Gasteiger partial charge in [0.15, 0.2) is 12.4 Å². The van der Waals surface area contributed by atoms with E-state index in [4.69, 9.17) is 14.6 Å². The van der Waals surface area contributed by atoms with Crippen molar-refractivity contribution in [1.82, 2.24) is 0 Å². The molecule has 0 amide bonds. The van der Waals surface area contributed by atoms with Gasteiger partial charge in [0.1, 0.15) is 11.5 Å². The first kappa shape index (κ1) is 15.6. The first-order valence-corrected chi connectivity index (χ1v) is 6.65. The highest BCUT2D eigenvalue weighted by Crippen LogP contribution is 2.21. The topological polar surface area (TPSA) is 72.8 Å². The molecule has 114 valence electrons. The minimum absolute atomic E-state index is 0.115. The number of ketones is 1. The van der Waals surface area contributed by atoms with E-state index in [-0.39, 0.29) is 5.78 Å². The molecule has 0 aliphatic heterocycles. The lowest BCUT2D eigenvalue weighted by Crippen LogP contribution is -2.10. The maximum absolute atomic E-state index is 12.4. The summed E-state index contributed by atoms with van der Waals surface area (Å²) in [5.41, 5.74) is 1.78. The Morgan fingerprint density at radius 1 is 1.05 bits per heavy atom. The van der Waals surface area contributed by atoms with Crippen LogP contribution in [0.1, 0.15) is 21.5 Å². The van der Waals surface area contributed by atoms with Crippen molar-refractivity contribution in [2.24, 2.45) is 0 Å². The first-order valence-electron chi connectivity index (χ1n) is 6.65. The molecule has 0 heterocycles. The normalized spacial score (nSPS) is 10.1. The van der Waals surface area contributed by atoms with Crippen LogP contribution in [0, 0.1) is 6.92 Å². The Morgan fingerprint density at radius 2 is 1.68 bits per heavy atom. The van der Waals surface area contributed by atoms with Crippen molar-refractivity contribution in [2.45, 2.75) is 6.92 Å². The van der Waals surface area contributed by atoms with Crippen LogP contribution in [-0.2, 0) is 4.79 Å². The van der Waals surface area contributed by atoms with Gasteiger partial charge in [0.25, 0.3) is 0 Å². The van der Waals surface area contributed by atoms with Gasteiger partial charge in [-0.1, -0.05) is 0 Å². The summed E-state index contributed by atoms with van der Waals surface area (Å²) in [6.45, 7) is 1.36. The fourth-order valence-electron chi connectivity index (χ4n) is 2.00. The zero-order valence-corrected chi connectivity index (χ0v) is 12.3. The maximum Gasteiger partial charge on any atom is 0.341 e. The molecular formula is C17H16O5. The van der Waals surface area contributed by atoms with Gasteiger partial charge in [-0.05, 0) is 55.0 Å². The first-order chi connectivity index (χ1) is 10.5. The molecule has 0 unspecified atom stereocenters. The number of benzene rings is 2. The van der Waals surface area contributed by atoms with Crippen molar-refractivity contribution in [3.05, 3.63) is 59.2 Å². The lowest BCUT2D eigenvalue weighted by Gasteiger charge is -2.09. The summed E-state index contributed by atoms with van der Waals surface area (Å²) in [4.78, 5) is 22.9. The number of carbonyl (C=O) groups is 2. The number of aryl methyl sites for hydroxylation is 1. The van der Waals surface area contributed by atoms with Gasteiger partial charge in [-0.15, -0.1) is 0 Å². The van der Waals surface area contributed by atoms with Crippen molar-refractivity contribution in [2.75, 3.05) is 13.7 Å². The molecule has 0 spiro atoms. The molecule has 22 heavy (non-hydrogen) atoms. The molecule has 2 aromatic carbocycles. The van der Waals surface area contributed by atoms with Crippen molar-refractivity contribution in [3.63, 3.8) is 0 Å². The summed E-state index contributed by atoms with van der Waals surface area (Å²) in [6.07, 6.45) is 0. The molecule has 0 saturated heterocycles. The second-order valence-electron chi connectivity index (χ2n) is 4.72. The average molecular weight is 300 g/mol. The van der Waals surface area contributed by atoms with Crippen molar-refractivity contribution >= 4 is 11.8 Å². The number of carboxylic acid groups (broad SMARTS) is 1. The predicted octanol–water partition coefficient (Wildman–Crippen LogP) is 2.70. The number of hydrogen-bond donors (Lipinski definition) is 1. The number of ether oxygens (including phenoxy) is 2. The molecule has 5 heteroatoms. The Morgan fingerprint density at radius 3 is 2.23 bits per heavy atom. The van der Waals surface area contributed by atoms with Gasteiger partial charge in [-0.25, -0.2) is 4.79 Å². The molecule has 5 nitrogen and oxygen atoms in total. The summed E-state index contributed by atoms with van der Waals surface area (Å²) < 4.78 is 10.2. The van der Waals surface area contributed by atoms with Crippen LogP contribution in [-0.4, -0.2) is 30.6 Å². The van der Waals surface area contributed by atoms with E-state index >= 15 is 0 Å². The van der Waals surface area contributed by atoms with Crippen LogP contribution in [0.5, 0.6) is 11.5 Å². The lowest BCUT2D eigenvalue weighted by molar-refractivity contribution is -0.139. The zero-order valence-electron chi connectivity index (χ0n) is 12.3. The molecule has 0 radical (unpaired) electrons. The van der Waals surface area contributed by atoms with Gasteiger partial charge in [0.2, 0.25) is 0 Å². The third-order valence-corrected chi connectivity index (χ3v) is 3.14. The third-order valence-electron chi connectivity index (χ3n) is 3.14. The zero-order chi connectivity index (χ0) is 16.1. The van der Waals surface area contributed by atoms with E-state index < -0.39 is 12.6 Å². The summed E-state index contributed by atoms with van der Waals surface area (Å²) in [7, 11) is 1.57. The second kappa shape index (κ2) is 6.76. The SMILES string of the molecule is COc1ccc(C(=O)c2ccc(OCC(=O)O)c(C)c2)cc1. The van der Waals surface area contributed by atoms with Crippen molar-refractivity contribution in [3.8, 4) is 11.5 Å². The van der Waals surface area contributed by atoms with Gasteiger partial charge in [-0.3, -0.25) is 4.79 Å². The highest BCUT2D eigenvalue weighted by atomic mass is 16.5. The van der Waals surface area contributed by atoms with E-state index in [0.29, 0.717) is 28.2 Å². The highest BCUT2D eigenvalue weighted by molar-refractivity contribution is 6.09. The second-order valence-corrected chi connectivity index (χ2v) is 4.72. The molecule has 0 aliphatic rings. The van der Waals surface area contributed by atoms with Crippen LogP contribution < -0.4 is 9.47 Å². The quantitative estimate of drug-likeness (QED) is 0.830. The van der Waals surface area contributed by atoms with Gasteiger partial charge in [-0.2, -0.15) is 0 Å². The molecule has 2 aromatic rings. The number of carboxylic acids is 1. The van der Waals surface area contributed by atoms with Crippen LogP contribution in [0.4, 0.5) is 0 Å². The summed E-state index contributed by atoms with van der Waals surface area (Å²) in [5, 5.41) is 8.61. The van der Waals surface area contributed by atoms with Gasteiger partial charge in [0, 0.05) is 11.1 Å². The molecule has 0 aliphatic carbocycles. The van der Waals surface area contributed by atoms with E-state index in [1.54, 1.807) is 56.5 Å². The Balaban J connectivity index is 2.19. The predicted molar refractivity (Wildman–Crippen MR) is 80.7 cm³/mol. The molecule has 0 atom stereocenters. The monoisotopic (exact) mass is 300 g/mol. The lowest BCUT2D eigenvalue weighted by atomic mass is 10.0. The molecule has 0 fully saturated rings. The summed E-state index contributed by atoms with van der Waals surface area (Å²) in [5.74, 6) is -0.0212. The van der Waals surface area contributed by atoms with E-state index in [2.05, 4.69) is 0 Å². The molecular weight excluding hydrogens is 284 g/mol. The number of hydrogen-bond acceptors (Lipinski definition) is 4. The standard InChI is InChI=1S/C17H16O5/c1-11-9-13(5-8-15(11)22-10-16(18)19)17(20)12-3-6-14(21-2)7-4-12/h3-9H,10H2,1-2H3,(H,18,19). The molecule has 1 N–H and O–H groups in total. The van der Waals surface area contributed by atoms with Crippen molar-refractivity contribution in [1.29, 1.82) is 0 Å². The van der Waals surface area contributed by atoms with Gasteiger partial charge < -0.3 is 14.6 Å². The summed E-state index contributed by atoms with van der Waals surface area (Å²) in [6, 6.07) is 11.8.